The first-order valence-corrected chi connectivity index (χ1v) is 10.7. The number of ether oxygens (including phenoxy) is 1. The average Bonchev–Trinajstić information content (AvgIpc) is 3.22. The predicted octanol–water partition coefficient (Wildman–Crippen LogP) is 2.83. The number of likely N-dealkylation sites (N-methyl/N-ethyl adjacent to an activating group) is 2. The van der Waals surface area contributed by atoms with Crippen LogP contribution in [0, 0.1) is 0 Å². The molecule has 1 aromatic carbocycles. The molecule has 0 atom stereocenters. The number of nitrogens with one attached hydrogen (secondary N) is 3. The topological polar surface area (TPSA) is 112 Å². The van der Waals surface area contributed by atoms with Crippen molar-refractivity contribution in [1.29, 1.82) is 0 Å². The van der Waals surface area contributed by atoms with E-state index in [1.165, 1.54) is 6.08 Å². The number of methoxy groups -OCH3 is 1. The van der Waals surface area contributed by atoms with Crippen molar-refractivity contribution >= 4 is 40.6 Å². The number of nitrogens with zero attached hydrogens (tertiary/aromatic N) is 6. The Morgan fingerprint density at radius 1 is 1.15 bits per heavy atom. The summed E-state index contributed by atoms with van der Waals surface area (Å²) in [6.45, 7) is 5.15. The summed E-state index contributed by atoms with van der Waals surface area (Å²) in [4.78, 5) is 25.1. The Kier molecular flexibility index (Phi) is 8.04. The van der Waals surface area contributed by atoms with E-state index in [1.54, 1.807) is 30.1 Å². The molecule has 0 aliphatic rings. The molecule has 0 fully saturated rings. The van der Waals surface area contributed by atoms with Crippen LogP contribution in [0.2, 0.25) is 0 Å². The van der Waals surface area contributed by atoms with Crippen LogP contribution in [-0.2, 0) is 11.8 Å². The first-order valence-electron chi connectivity index (χ1n) is 10.7. The fraction of sp³-hybridized carbons (Fsp3) is 0.304. The normalized spacial score (nSPS) is 10.6. The molecule has 0 aliphatic carbocycles. The number of amides is 1. The number of anilines is 6. The summed E-state index contributed by atoms with van der Waals surface area (Å²) in [5.41, 5.74) is 2.02. The maximum absolute atomic E-state index is 12.1. The van der Waals surface area contributed by atoms with Gasteiger partial charge in [-0.2, -0.15) is 10.1 Å². The zero-order valence-corrected chi connectivity index (χ0v) is 20.2. The van der Waals surface area contributed by atoms with Gasteiger partial charge in [0.15, 0.2) is 5.82 Å². The van der Waals surface area contributed by atoms with E-state index in [4.69, 9.17) is 4.74 Å². The van der Waals surface area contributed by atoms with Gasteiger partial charge in [0.2, 0.25) is 11.9 Å². The third-order valence-corrected chi connectivity index (χ3v) is 4.93. The van der Waals surface area contributed by atoms with Crippen LogP contribution >= 0.6 is 0 Å². The molecule has 3 N–H and O–H groups in total. The van der Waals surface area contributed by atoms with E-state index in [1.807, 2.05) is 46.5 Å². The number of benzene rings is 1. The van der Waals surface area contributed by atoms with Gasteiger partial charge in [-0.15, -0.1) is 0 Å². The van der Waals surface area contributed by atoms with Gasteiger partial charge in [-0.3, -0.25) is 9.48 Å². The molecule has 0 saturated carbocycles. The van der Waals surface area contributed by atoms with Crippen LogP contribution in [0.1, 0.15) is 0 Å². The van der Waals surface area contributed by atoms with Crippen LogP contribution in [0.5, 0.6) is 5.75 Å². The largest absolute Gasteiger partial charge is 0.494 e. The van der Waals surface area contributed by atoms with Crippen LogP contribution in [0.25, 0.3) is 0 Å². The standard InChI is InChI=1S/C23H31N9O2/c1-7-22(33)25-16-14-17(19(34-6)15-18(16)31(4)13-12-30(2)3)26-23-24-10-8-20(28-23)27-21-9-11-32(5)29-21/h7-11,14-15H,1,12-13H2,2-6H3,(H,25,33)(H2,24,26,27,28,29). The molecule has 11 nitrogen and oxygen atoms in total. The van der Waals surface area contributed by atoms with E-state index in [-0.39, 0.29) is 5.91 Å². The number of aryl methyl sites for hydroxylation is 1. The summed E-state index contributed by atoms with van der Waals surface area (Å²) in [6, 6.07) is 7.25. The fourth-order valence-electron chi connectivity index (χ4n) is 3.13. The molecule has 0 bridgehead atoms. The molecule has 0 radical (unpaired) electrons. The van der Waals surface area contributed by atoms with Gasteiger partial charge in [0.05, 0.1) is 24.2 Å². The minimum Gasteiger partial charge on any atom is -0.494 e. The molecule has 0 spiro atoms. The highest BCUT2D eigenvalue weighted by atomic mass is 16.5. The van der Waals surface area contributed by atoms with Crippen molar-refractivity contribution in [3.63, 3.8) is 0 Å². The Balaban J connectivity index is 1.91. The molecule has 2 aromatic heterocycles. The second-order valence-corrected chi connectivity index (χ2v) is 7.88. The lowest BCUT2D eigenvalue weighted by Gasteiger charge is -2.26. The highest BCUT2D eigenvalue weighted by Crippen LogP contribution is 2.38. The summed E-state index contributed by atoms with van der Waals surface area (Å²) in [7, 11) is 9.42. The van der Waals surface area contributed by atoms with Crippen LogP contribution in [0.3, 0.4) is 0 Å². The van der Waals surface area contributed by atoms with E-state index < -0.39 is 0 Å². The van der Waals surface area contributed by atoms with Gasteiger partial charge in [-0.25, -0.2) is 4.98 Å². The molecule has 0 saturated heterocycles. The summed E-state index contributed by atoms with van der Waals surface area (Å²) < 4.78 is 7.33. The van der Waals surface area contributed by atoms with Crippen molar-refractivity contribution in [2.24, 2.45) is 7.05 Å². The second-order valence-electron chi connectivity index (χ2n) is 7.88. The Morgan fingerprint density at radius 2 is 1.94 bits per heavy atom. The lowest BCUT2D eigenvalue weighted by atomic mass is 10.2. The molecule has 0 aliphatic heterocycles. The first kappa shape index (κ1) is 24.5. The molecule has 2 heterocycles. The molecular formula is C23H31N9O2. The molecule has 3 aromatic rings. The van der Waals surface area contributed by atoms with Gasteiger partial charge in [0.25, 0.3) is 0 Å². The van der Waals surface area contributed by atoms with Crippen molar-refractivity contribution in [3.8, 4) is 5.75 Å². The molecule has 1 amide bonds. The zero-order chi connectivity index (χ0) is 24.7. The van der Waals surface area contributed by atoms with Gasteiger partial charge in [-0.05, 0) is 32.3 Å². The van der Waals surface area contributed by atoms with Gasteiger partial charge >= 0.3 is 0 Å². The quantitative estimate of drug-likeness (QED) is 0.368. The van der Waals surface area contributed by atoms with Gasteiger partial charge in [0.1, 0.15) is 11.6 Å². The minimum atomic E-state index is -0.309. The van der Waals surface area contributed by atoms with Crippen molar-refractivity contribution < 1.29 is 9.53 Å². The van der Waals surface area contributed by atoms with Crippen LogP contribution in [0.4, 0.5) is 34.6 Å². The maximum atomic E-state index is 12.1. The summed E-state index contributed by atoms with van der Waals surface area (Å²) in [6.07, 6.45) is 4.71. The first-order chi connectivity index (χ1) is 16.3. The van der Waals surface area contributed by atoms with E-state index in [0.717, 1.165) is 18.8 Å². The molecule has 180 valence electrons. The Morgan fingerprint density at radius 3 is 2.59 bits per heavy atom. The summed E-state index contributed by atoms with van der Waals surface area (Å²) in [5.74, 6) is 1.87. The van der Waals surface area contributed by atoms with Gasteiger partial charge in [0, 0.05) is 51.7 Å². The van der Waals surface area contributed by atoms with Crippen molar-refractivity contribution in [1.82, 2.24) is 24.6 Å². The molecule has 34 heavy (non-hydrogen) atoms. The molecular weight excluding hydrogens is 434 g/mol. The number of carbonyl (C=O) groups is 1. The average molecular weight is 466 g/mol. The lowest BCUT2D eigenvalue weighted by Crippen LogP contribution is -2.29. The Labute approximate surface area is 199 Å². The third-order valence-electron chi connectivity index (χ3n) is 4.93. The summed E-state index contributed by atoms with van der Waals surface area (Å²) >= 11 is 0. The highest BCUT2D eigenvalue weighted by Gasteiger charge is 2.16. The number of rotatable bonds is 11. The monoisotopic (exact) mass is 465 g/mol. The predicted molar refractivity (Wildman–Crippen MR) is 135 cm³/mol. The number of hydrogen-bond donors (Lipinski definition) is 3. The SMILES string of the molecule is C=CC(=O)Nc1cc(Nc2nccc(Nc3ccn(C)n3)n2)c(OC)cc1N(C)CCN(C)C. The van der Waals surface area contributed by atoms with E-state index in [9.17, 15) is 4.79 Å². The Bertz CT molecular complexity index is 1140. The summed E-state index contributed by atoms with van der Waals surface area (Å²) in [5, 5.41) is 13.5. The fourth-order valence-corrected chi connectivity index (χ4v) is 3.13. The maximum Gasteiger partial charge on any atom is 0.247 e. The van der Waals surface area contributed by atoms with Crippen molar-refractivity contribution in [2.45, 2.75) is 0 Å². The van der Waals surface area contributed by atoms with E-state index in [2.05, 4.69) is 47.4 Å². The van der Waals surface area contributed by atoms with Crippen molar-refractivity contribution in [3.05, 3.63) is 49.3 Å². The minimum absolute atomic E-state index is 0.309. The zero-order valence-electron chi connectivity index (χ0n) is 20.2. The Hall–Kier alpha value is -4.12. The number of aromatic nitrogens is 4. The molecule has 11 heteroatoms. The van der Waals surface area contributed by atoms with E-state index >= 15 is 0 Å². The van der Waals surface area contributed by atoms with Gasteiger partial charge < -0.3 is 30.5 Å². The third kappa shape index (κ3) is 6.45. The second kappa shape index (κ2) is 11.1. The number of hydrogen-bond acceptors (Lipinski definition) is 9. The smallest absolute Gasteiger partial charge is 0.247 e. The van der Waals surface area contributed by atoms with Crippen LogP contribution in [0.15, 0.2) is 49.3 Å². The van der Waals surface area contributed by atoms with Crippen LogP contribution < -0.4 is 25.6 Å². The number of carbonyl (C=O) groups excluding carboxylic acids is 1. The molecule has 0 unspecified atom stereocenters. The van der Waals surface area contributed by atoms with Crippen LogP contribution in [-0.4, -0.2) is 71.9 Å². The van der Waals surface area contributed by atoms with E-state index in [0.29, 0.717) is 34.7 Å². The van der Waals surface area contributed by atoms with Crippen molar-refractivity contribution in [2.75, 3.05) is 62.2 Å². The molecule has 3 rings (SSSR count). The lowest BCUT2D eigenvalue weighted by molar-refractivity contribution is -0.111. The van der Waals surface area contributed by atoms with Gasteiger partial charge in [-0.1, -0.05) is 6.58 Å². The highest BCUT2D eigenvalue weighted by molar-refractivity contribution is 6.02.